The van der Waals surface area contributed by atoms with Crippen LogP contribution in [0.15, 0.2) is 35.7 Å². The molecular formula is C14H11ClN6O3S. The van der Waals surface area contributed by atoms with E-state index < -0.39 is 4.92 Å². The highest BCUT2D eigenvalue weighted by atomic mass is 35.5. The van der Waals surface area contributed by atoms with Crippen LogP contribution in [-0.4, -0.2) is 36.3 Å². The first-order valence-corrected chi connectivity index (χ1v) is 8.31. The minimum Gasteiger partial charge on any atom is -0.324 e. The average molecular weight is 379 g/mol. The third kappa shape index (κ3) is 3.69. The maximum atomic E-state index is 12.1. The molecule has 11 heteroatoms. The highest BCUT2D eigenvalue weighted by molar-refractivity contribution is 8.00. The first kappa shape index (κ1) is 17.1. The Hall–Kier alpha value is -2.72. The molecule has 0 aliphatic rings. The number of rotatable bonds is 5. The van der Waals surface area contributed by atoms with Crippen molar-refractivity contribution in [2.24, 2.45) is 7.05 Å². The lowest BCUT2D eigenvalue weighted by molar-refractivity contribution is -0.384. The number of hydrogen-bond acceptors (Lipinski definition) is 7. The van der Waals surface area contributed by atoms with Gasteiger partial charge in [-0.2, -0.15) is 5.10 Å². The standard InChI is InChI=1S/C14H11ClN6O3S/c1-20-13-9(5-18-20)14(17-7-16-13)25-6-12(22)19-11-4-8(21(23)24)2-3-10(11)15/h2-5,7H,6H2,1H3,(H,19,22). The molecule has 0 fully saturated rings. The molecule has 2 heterocycles. The van der Waals surface area contributed by atoms with E-state index >= 15 is 0 Å². The number of nitro benzene ring substituents is 1. The van der Waals surface area contributed by atoms with Gasteiger partial charge in [0.1, 0.15) is 11.4 Å². The fourth-order valence-electron chi connectivity index (χ4n) is 2.10. The third-order valence-electron chi connectivity index (χ3n) is 3.27. The Kier molecular flexibility index (Phi) is 4.81. The van der Waals surface area contributed by atoms with Crippen LogP contribution in [0.1, 0.15) is 0 Å². The van der Waals surface area contributed by atoms with Crippen molar-refractivity contribution in [2.75, 3.05) is 11.1 Å². The van der Waals surface area contributed by atoms with Crippen molar-refractivity contribution in [1.82, 2.24) is 19.7 Å². The van der Waals surface area contributed by atoms with Crippen LogP contribution in [0.5, 0.6) is 0 Å². The molecule has 0 saturated heterocycles. The second-order valence-electron chi connectivity index (χ2n) is 4.94. The molecule has 0 atom stereocenters. The van der Waals surface area contributed by atoms with Gasteiger partial charge in [-0.05, 0) is 6.07 Å². The number of anilines is 1. The topological polar surface area (TPSA) is 116 Å². The van der Waals surface area contributed by atoms with Gasteiger partial charge in [-0.25, -0.2) is 9.97 Å². The van der Waals surface area contributed by atoms with Gasteiger partial charge in [-0.1, -0.05) is 23.4 Å². The zero-order valence-electron chi connectivity index (χ0n) is 12.8. The van der Waals surface area contributed by atoms with E-state index in [1.807, 2.05) is 0 Å². The lowest BCUT2D eigenvalue weighted by Crippen LogP contribution is -2.14. The molecule has 2 aromatic heterocycles. The van der Waals surface area contributed by atoms with Crippen molar-refractivity contribution < 1.29 is 9.72 Å². The fourth-order valence-corrected chi connectivity index (χ4v) is 3.02. The summed E-state index contributed by atoms with van der Waals surface area (Å²) in [4.78, 5) is 30.7. The Bertz CT molecular complexity index is 976. The van der Waals surface area contributed by atoms with E-state index in [-0.39, 0.29) is 28.1 Å². The normalized spacial score (nSPS) is 10.8. The Morgan fingerprint density at radius 2 is 2.24 bits per heavy atom. The van der Waals surface area contributed by atoms with Crippen LogP contribution in [0.3, 0.4) is 0 Å². The van der Waals surface area contributed by atoms with Crippen molar-refractivity contribution >= 4 is 51.7 Å². The van der Waals surface area contributed by atoms with E-state index in [1.54, 1.807) is 17.9 Å². The molecule has 1 amide bonds. The monoisotopic (exact) mass is 378 g/mol. The number of nitrogens with one attached hydrogen (secondary N) is 1. The number of fused-ring (bicyclic) bond motifs is 1. The number of carbonyl (C=O) groups is 1. The molecule has 0 radical (unpaired) electrons. The lowest BCUT2D eigenvalue weighted by atomic mass is 10.3. The molecule has 0 spiro atoms. The molecule has 0 saturated carbocycles. The van der Waals surface area contributed by atoms with Crippen LogP contribution < -0.4 is 5.32 Å². The minimum absolute atomic E-state index is 0.0556. The smallest absolute Gasteiger partial charge is 0.271 e. The van der Waals surface area contributed by atoms with Gasteiger partial charge in [0, 0.05) is 19.2 Å². The van der Waals surface area contributed by atoms with E-state index in [9.17, 15) is 14.9 Å². The molecule has 0 aliphatic carbocycles. The number of carbonyl (C=O) groups excluding carboxylic acids is 1. The van der Waals surface area contributed by atoms with Crippen molar-refractivity contribution in [1.29, 1.82) is 0 Å². The molecule has 9 nitrogen and oxygen atoms in total. The first-order chi connectivity index (χ1) is 12.0. The number of thioether (sulfide) groups is 1. The summed E-state index contributed by atoms with van der Waals surface area (Å²) < 4.78 is 1.62. The highest BCUT2D eigenvalue weighted by Crippen LogP contribution is 2.28. The maximum Gasteiger partial charge on any atom is 0.271 e. The summed E-state index contributed by atoms with van der Waals surface area (Å²) in [6.45, 7) is 0. The predicted molar refractivity (Wildman–Crippen MR) is 93.8 cm³/mol. The Morgan fingerprint density at radius 3 is 3.00 bits per heavy atom. The number of halogens is 1. The number of nitro groups is 1. The molecule has 0 unspecified atom stereocenters. The zero-order chi connectivity index (χ0) is 18.0. The lowest BCUT2D eigenvalue weighted by Gasteiger charge is -2.07. The molecule has 0 aliphatic heterocycles. The number of amides is 1. The van der Waals surface area contributed by atoms with Gasteiger partial charge in [0.2, 0.25) is 5.91 Å². The number of aromatic nitrogens is 4. The number of aryl methyl sites for hydroxylation is 1. The van der Waals surface area contributed by atoms with Crippen LogP contribution >= 0.6 is 23.4 Å². The van der Waals surface area contributed by atoms with Crippen molar-refractivity contribution in [3.8, 4) is 0 Å². The summed E-state index contributed by atoms with van der Waals surface area (Å²) in [6, 6.07) is 3.85. The summed E-state index contributed by atoms with van der Waals surface area (Å²) in [5.74, 6) is -0.303. The van der Waals surface area contributed by atoms with E-state index in [1.165, 1.54) is 36.3 Å². The third-order valence-corrected chi connectivity index (χ3v) is 4.60. The summed E-state index contributed by atoms with van der Waals surface area (Å²) >= 11 is 7.18. The first-order valence-electron chi connectivity index (χ1n) is 6.95. The number of non-ortho nitro benzene ring substituents is 1. The van der Waals surface area contributed by atoms with Gasteiger partial charge >= 0.3 is 0 Å². The van der Waals surface area contributed by atoms with E-state index in [4.69, 9.17) is 11.6 Å². The average Bonchev–Trinajstić information content (AvgIpc) is 2.97. The zero-order valence-corrected chi connectivity index (χ0v) is 14.4. The van der Waals surface area contributed by atoms with E-state index in [0.29, 0.717) is 10.7 Å². The molecule has 3 rings (SSSR count). The molecule has 1 N–H and O–H groups in total. The SMILES string of the molecule is Cn1ncc2c(SCC(=O)Nc3cc([N+](=O)[O-])ccc3Cl)ncnc21. The maximum absolute atomic E-state index is 12.1. The van der Waals surface area contributed by atoms with Gasteiger partial charge in [0.25, 0.3) is 5.69 Å². The van der Waals surface area contributed by atoms with Crippen LogP contribution in [0.25, 0.3) is 11.0 Å². The Morgan fingerprint density at radius 1 is 1.44 bits per heavy atom. The molecule has 1 aromatic carbocycles. The fraction of sp³-hybridized carbons (Fsp3) is 0.143. The highest BCUT2D eigenvalue weighted by Gasteiger charge is 2.14. The minimum atomic E-state index is -0.555. The molecular weight excluding hydrogens is 368 g/mol. The van der Waals surface area contributed by atoms with Gasteiger partial charge in [-0.3, -0.25) is 19.6 Å². The summed E-state index contributed by atoms with van der Waals surface area (Å²) in [5, 5.41) is 19.1. The molecule has 25 heavy (non-hydrogen) atoms. The summed E-state index contributed by atoms with van der Waals surface area (Å²) in [7, 11) is 1.76. The molecule has 128 valence electrons. The second-order valence-corrected chi connectivity index (χ2v) is 6.31. The van der Waals surface area contributed by atoms with Crippen LogP contribution in [0.4, 0.5) is 11.4 Å². The number of nitrogens with zero attached hydrogens (tertiary/aromatic N) is 5. The molecule has 3 aromatic rings. The summed E-state index contributed by atoms with van der Waals surface area (Å²) in [6.07, 6.45) is 3.04. The van der Waals surface area contributed by atoms with Gasteiger partial charge < -0.3 is 5.32 Å². The quantitative estimate of drug-likeness (QED) is 0.314. The summed E-state index contributed by atoms with van der Waals surface area (Å²) in [5.41, 5.74) is 0.704. The second kappa shape index (κ2) is 7.03. The van der Waals surface area contributed by atoms with Crippen LogP contribution in [0, 0.1) is 10.1 Å². The van der Waals surface area contributed by atoms with Gasteiger partial charge in [-0.15, -0.1) is 0 Å². The van der Waals surface area contributed by atoms with Crippen LogP contribution in [0.2, 0.25) is 5.02 Å². The predicted octanol–water partition coefficient (Wildman–Crippen LogP) is 2.66. The van der Waals surface area contributed by atoms with Crippen molar-refractivity contribution in [2.45, 2.75) is 5.03 Å². The molecule has 0 bridgehead atoms. The Labute approximate surface area is 150 Å². The van der Waals surface area contributed by atoms with Gasteiger partial charge in [0.05, 0.1) is 33.0 Å². The van der Waals surface area contributed by atoms with E-state index in [0.717, 1.165) is 5.39 Å². The van der Waals surface area contributed by atoms with Crippen LogP contribution in [-0.2, 0) is 11.8 Å². The number of hydrogen-bond donors (Lipinski definition) is 1. The van der Waals surface area contributed by atoms with E-state index in [2.05, 4.69) is 20.4 Å². The van der Waals surface area contributed by atoms with Crippen molar-refractivity contribution in [3.63, 3.8) is 0 Å². The Balaban J connectivity index is 1.71. The number of benzene rings is 1. The van der Waals surface area contributed by atoms with Gasteiger partial charge in [0.15, 0.2) is 5.65 Å². The largest absolute Gasteiger partial charge is 0.324 e. The van der Waals surface area contributed by atoms with Crippen molar-refractivity contribution in [3.05, 3.63) is 45.9 Å².